The Hall–Kier alpha value is -2.60. The monoisotopic (exact) mass is 413 g/mol. The van der Waals surface area contributed by atoms with E-state index in [-0.39, 0.29) is 5.91 Å². The van der Waals surface area contributed by atoms with Gasteiger partial charge in [-0.05, 0) is 24.6 Å². The van der Waals surface area contributed by atoms with Gasteiger partial charge in [0.1, 0.15) is 12.4 Å². The van der Waals surface area contributed by atoms with Crippen LogP contribution in [0.1, 0.15) is 22.3 Å². The van der Waals surface area contributed by atoms with Crippen molar-refractivity contribution in [2.45, 2.75) is 19.6 Å². The molecule has 1 heterocycles. The normalized spacial score (nSPS) is 10.5. The summed E-state index contributed by atoms with van der Waals surface area (Å²) in [5.74, 6) is 0.453. The number of aromatic nitrogens is 2. The molecule has 0 aliphatic heterocycles. The summed E-state index contributed by atoms with van der Waals surface area (Å²) in [7, 11) is 0. The minimum absolute atomic E-state index is 0.127. The Balaban J connectivity index is 1.55. The van der Waals surface area contributed by atoms with Crippen molar-refractivity contribution in [3.8, 4) is 5.75 Å². The van der Waals surface area contributed by atoms with Crippen LogP contribution in [-0.4, -0.2) is 22.0 Å². The molecule has 1 amide bonds. The fraction of sp³-hybridized carbons (Fsp3) is 0.200. The van der Waals surface area contributed by atoms with Crippen molar-refractivity contribution in [2.75, 3.05) is 6.54 Å². The van der Waals surface area contributed by atoms with Crippen LogP contribution in [0.4, 0.5) is 0 Å². The molecule has 0 aliphatic rings. The highest BCUT2D eigenvalue weighted by molar-refractivity contribution is 9.10. The third-order valence-electron chi connectivity index (χ3n) is 3.91. The number of carbonyl (C=O) groups is 1. The van der Waals surface area contributed by atoms with Crippen LogP contribution >= 0.6 is 15.9 Å². The highest BCUT2D eigenvalue weighted by atomic mass is 79.9. The van der Waals surface area contributed by atoms with Crippen LogP contribution in [-0.2, 0) is 13.2 Å². The maximum Gasteiger partial charge on any atom is 0.255 e. The number of imidazole rings is 1. The lowest BCUT2D eigenvalue weighted by atomic mass is 10.2. The van der Waals surface area contributed by atoms with Crippen molar-refractivity contribution in [3.63, 3.8) is 0 Å². The molecule has 3 rings (SSSR count). The van der Waals surface area contributed by atoms with Crippen molar-refractivity contribution in [1.29, 1.82) is 0 Å². The number of nitrogens with zero attached hydrogens (tertiary/aromatic N) is 2. The second-order valence-electron chi connectivity index (χ2n) is 5.79. The highest BCUT2D eigenvalue weighted by Gasteiger charge is 2.12. The Morgan fingerprint density at radius 3 is 2.77 bits per heavy atom. The Morgan fingerprint density at radius 2 is 1.96 bits per heavy atom. The molecule has 1 N–H and O–H groups in total. The molecule has 1 aromatic heterocycles. The Bertz CT molecular complexity index is 850. The van der Waals surface area contributed by atoms with Gasteiger partial charge in [-0.2, -0.15) is 0 Å². The number of amides is 1. The second-order valence-corrected chi connectivity index (χ2v) is 6.64. The van der Waals surface area contributed by atoms with Crippen LogP contribution in [0.15, 0.2) is 71.7 Å². The molecule has 0 unspecified atom stereocenters. The van der Waals surface area contributed by atoms with Crippen molar-refractivity contribution in [3.05, 3.63) is 82.9 Å². The first kappa shape index (κ1) is 18.2. The third-order valence-corrected chi connectivity index (χ3v) is 4.68. The van der Waals surface area contributed by atoms with E-state index in [1.807, 2.05) is 53.2 Å². The van der Waals surface area contributed by atoms with Gasteiger partial charge in [-0.25, -0.2) is 4.98 Å². The predicted molar refractivity (Wildman–Crippen MR) is 104 cm³/mol. The van der Waals surface area contributed by atoms with Crippen LogP contribution in [0, 0.1) is 0 Å². The first-order chi connectivity index (χ1) is 12.7. The number of aryl methyl sites for hydroxylation is 1. The van der Waals surface area contributed by atoms with Gasteiger partial charge in [-0.3, -0.25) is 4.79 Å². The van der Waals surface area contributed by atoms with Crippen LogP contribution < -0.4 is 10.1 Å². The predicted octanol–water partition coefficient (Wildman–Crippen LogP) is 4.04. The molecule has 6 heteroatoms. The fourth-order valence-electron chi connectivity index (χ4n) is 2.53. The molecule has 5 nitrogen and oxygen atoms in total. The summed E-state index contributed by atoms with van der Waals surface area (Å²) < 4.78 is 8.86. The summed E-state index contributed by atoms with van der Waals surface area (Å²) in [6.07, 6.45) is 6.26. The molecule has 2 aromatic carbocycles. The van der Waals surface area contributed by atoms with E-state index in [0.717, 1.165) is 23.0 Å². The molecule has 0 bridgehead atoms. The largest absolute Gasteiger partial charge is 0.488 e. The number of carbonyl (C=O) groups excluding carboxylic acids is 1. The van der Waals surface area contributed by atoms with E-state index in [0.29, 0.717) is 24.5 Å². The van der Waals surface area contributed by atoms with Crippen LogP contribution in [0.3, 0.4) is 0 Å². The number of rotatable bonds is 8. The molecule has 3 aromatic rings. The lowest BCUT2D eigenvalue weighted by molar-refractivity contribution is 0.0948. The topological polar surface area (TPSA) is 56.2 Å². The first-order valence-corrected chi connectivity index (χ1v) is 9.22. The number of ether oxygens (including phenoxy) is 1. The van der Waals surface area contributed by atoms with Gasteiger partial charge in [-0.15, -0.1) is 0 Å². The van der Waals surface area contributed by atoms with Crippen LogP contribution in [0.5, 0.6) is 5.75 Å². The van der Waals surface area contributed by atoms with E-state index in [9.17, 15) is 4.79 Å². The van der Waals surface area contributed by atoms with Gasteiger partial charge in [0.2, 0.25) is 0 Å². The van der Waals surface area contributed by atoms with E-state index in [1.54, 1.807) is 18.6 Å². The summed E-state index contributed by atoms with van der Waals surface area (Å²) in [6, 6.07) is 15.2. The zero-order valence-electron chi connectivity index (χ0n) is 14.3. The first-order valence-electron chi connectivity index (χ1n) is 8.43. The number of benzene rings is 2. The SMILES string of the molecule is O=C(NCCCn1ccnc1)c1ccccc1OCc1ccccc1Br. The van der Waals surface area contributed by atoms with E-state index in [1.165, 1.54) is 0 Å². The van der Waals surface area contributed by atoms with Crippen molar-refractivity contribution >= 4 is 21.8 Å². The van der Waals surface area contributed by atoms with Crippen molar-refractivity contribution < 1.29 is 9.53 Å². The van der Waals surface area contributed by atoms with Gasteiger partial charge >= 0.3 is 0 Å². The quantitative estimate of drug-likeness (QED) is 0.566. The molecule has 0 saturated heterocycles. The van der Waals surface area contributed by atoms with Gasteiger partial charge in [0.05, 0.1) is 11.9 Å². The molecule has 26 heavy (non-hydrogen) atoms. The van der Waals surface area contributed by atoms with E-state index in [4.69, 9.17) is 4.74 Å². The summed E-state index contributed by atoms with van der Waals surface area (Å²) in [6.45, 7) is 1.81. The summed E-state index contributed by atoms with van der Waals surface area (Å²) in [5, 5.41) is 2.95. The molecule has 0 fully saturated rings. The standard InChI is InChI=1S/C20H20BrN3O2/c21-18-8-3-1-6-16(18)14-26-19-9-4-2-7-17(19)20(25)23-10-5-12-24-13-11-22-15-24/h1-4,6-9,11,13,15H,5,10,12,14H2,(H,23,25). The average molecular weight is 414 g/mol. The van der Waals surface area contributed by atoms with Gasteiger partial charge in [0, 0.05) is 35.5 Å². The van der Waals surface area contributed by atoms with E-state index < -0.39 is 0 Å². The second kappa shape index (κ2) is 9.20. The zero-order chi connectivity index (χ0) is 18.2. The maximum atomic E-state index is 12.5. The minimum atomic E-state index is -0.127. The van der Waals surface area contributed by atoms with E-state index in [2.05, 4.69) is 26.2 Å². The number of para-hydroxylation sites is 1. The van der Waals surface area contributed by atoms with Gasteiger partial charge in [0.25, 0.3) is 5.91 Å². The van der Waals surface area contributed by atoms with E-state index >= 15 is 0 Å². The zero-order valence-corrected chi connectivity index (χ0v) is 15.9. The molecule has 134 valence electrons. The Morgan fingerprint density at radius 1 is 1.15 bits per heavy atom. The summed E-state index contributed by atoms with van der Waals surface area (Å²) in [5.41, 5.74) is 1.57. The highest BCUT2D eigenvalue weighted by Crippen LogP contribution is 2.22. The number of hydrogen-bond acceptors (Lipinski definition) is 3. The third kappa shape index (κ3) is 4.95. The molecular weight excluding hydrogens is 394 g/mol. The van der Waals surface area contributed by atoms with Gasteiger partial charge in [0.15, 0.2) is 0 Å². The minimum Gasteiger partial charge on any atom is -0.488 e. The smallest absolute Gasteiger partial charge is 0.255 e. The molecule has 0 saturated carbocycles. The molecular formula is C20H20BrN3O2. The number of nitrogens with one attached hydrogen (secondary N) is 1. The summed E-state index contributed by atoms with van der Waals surface area (Å²) >= 11 is 3.51. The molecule has 0 aliphatic carbocycles. The van der Waals surface area contributed by atoms with Gasteiger partial charge < -0.3 is 14.6 Å². The number of halogens is 1. The Kier molecular flexibility index (Phi) is 6.44. The fourth-order valence-corrected chi connectivity index (χ4v) is 2.93. The molecule has 0 radical (unpaired) electrons. The lowest BCUT2D eigenvalue weighted by Crippen LogP contribution is -2.25. The van der Waals surface area contributed by atoms with Crippen molar-refractivity contribution in [2.24, 2.45) is 0 Å². The lowest BCUT2D eigenvalue weighted by Gasteiger charge is -2.12. The molecule has 0 atom stereocenters. The van der Waals surface area contributed by atoms with Gasteiger partial charge in [-0.1, -0.05) is 46.3 Å². The summed E-state index contributed by atoms with van der Waals surface area (Å²) in [4.78, 5) is 16.5. The number of hydrogen-bond donors (Lipinski definition) is 1. The average Bonchev–Trinajstić information content (AvgIpc) is 3.18. The maximum absolute atomic E-state index is 12.5. The molecule has 0 spiro atoms. The Labute approximate surface area is 161 Å². The van der Waals surface area contributed by atoms with Crippen LogP contribution in [0.2, 0.25) is 0 Å². The van der Waals surface area contributed by atoms with Crippen molar-refractivity contribution in [1.82, 2.24) is 14.9 Å². The van der Waals surface area contributed by atoms with Crippen LogP contribution in [0.25, 0.3) is 0 Å².